The van der Waals surface area contributed by atoms with Crippen molar-refractivity contribution >= 4 is 12.0 Å². The Bertz CT molecular complexity index is 320. The minimum absolute atomic E-state index is 0.182. The highest BCUT2D eigenvalue weighted by Gasteiger charge is 2.26. The Morgan fingerprint density at radius 1 is 1.26 bits per heavy atom. The summed E-state index contributed by atoms with van der Waals surface area (Å²) in [4.78, 5) is 22.8. The average Bonchev–Trinajstić information content (AvgIpc) is 2.30. The first-order valence-corrected chi connectivity index (χ1v) is 6.88. The van der Waals surface area contributed by atoms with Crippen LogP contribution >= 0.6 is 0 Å². The molecule has 3 atom stereocenters. The molecule has 4 N–H and O–H groups in total. The first-order valence-electron chi connectivity index (χ1n) is 6.88. The monoisotopic (exact) mass is 272 g/mol. The van der Waals surface area contributed by atoms with Gasteiger partial charge in [0.2, 0.25) is 0 Å². The Morgan fingerprint density at radius 2 is 1.89 bits per heavy atom. The van der Waals surface area contributed by atoms with E-state index in [0.717, 1.165) is 19.3 Å². The second kappa shape index (κ2) is 7.33. The minimum Gasteiger partial charge on any atom is -0.480 e. The van der Waals surface area contributed by atoms with E-state index in [1.54, 1.807) is 0 Å². The Morgan fingerprint density at radius 3 is 2.42 bits per heavy atom. The highest BCUT2D eigenvalue weighted by atomic mass is 16.4. The van der Waals surface area contributed by atoms with Crippen LogP contribution in [0.5, 0.6) is 0 Å². The lowest BCUT2D eigenvalue weighted by atomic mass is 9.93. The molecule has 0 spiro atoms. The minimum atomic E-state index is -1.03. The number of aliphatic hydroxyl groups excluding tert-OH is 1. The molecule has 1 aliphatic carbocycles. The van der Waals surface area contributed by atoms with Crippen LogP contribution in [0.1, 0.15) is 46.0 Å². The topological polar surface area (TPSA) is 98.7 Å². The molecule has 0 saturated heterocycles. The molecule has 1 fully saturated rings. The molecule has 1 aliphatic rings. The smallest absolute Gasteiger partial charge is 0.326 e. The number of carbonyl (C=O) groups is 2. The first kappa shape index (κ1) is 15.8. The molecule has 0 heterocycles. The fourth-order valence-electron chi connectivity index (χ4n) is 2.34. The maximum atomic E-state index is 11.8. The third-order valence-corrected chi connectivity index (χ3v) is 3.36. The van der Waals surface area contributed by atoms with Gasteiger partial charge in [-0.2, -0.15) is 0 Å². The average molecular weight is 272 g/mol. The highest BCUT2D eigenvalue weighted by Crippen LogP contribution is 2.18. The van der Waals surface area contributed by atoms with Crippen LogP contribution in [0.4, 0.5) is 4.79 Å². The maximum absolute atomic E-state index is 11.8. The lowest BCUT2D eigenvalue weighted by Crippen LogP contribution is -2.53. The quantitative estimate of drug-likeness (QED) is 0.602. The molecule has 0 bridgehead atoms. The van der Waals surface area contributed by atoms with Gasteiger partial charge in [0.15, 0.2) is 0 Å². The molecular formula is C13H24N2O4. The fraction of sp³-hybridized carbons (Fsp3) is 0.846. The number of hydrogen-bond acceptors (Lipinski definition) is 3. The molecular weight excluding hydrogens is 248 g/mol. The van der Waals surface area contributed by atoms with Gasteiger partial charge < -0.3 is 20.8 Å². The summed E-state index contributed by atoms with van der Waals surface area (Å²) in [6.07, 6.45) is 3.20. The lowest BCUT2D eigenvalue weighted by molar-refractivity contribution is -0.139. The fourth-order valence-corrected chi connectivity index (χ4v) is 2.34. The van der Waals surface area contributed by atoms with Crippen molar-refractivity contribution in [3.8, 4) is 0 Å². The van der Waals surface area contributed by atoms with Gasteiger partial charge in [-0.1, -0.05) is 26.7 Å². The van der Waals surface area contributed by atoms with Crippen molar-refractivity contribution in [2.75, 3.05) is 0 Å². The molecule has 0 aromatic rings. The normalized spacial score (nSPS) is 24.8. The molecule has 1 rings (SSSR count). The second-order valence-electron chi connectivity index (χ2n) is 5.60. The van der Waals surface area contributed by atoms with E-state index < -0.39 is 24.1 Å². The predicted molar refractivity (Wildman–Crippen MR) is 70.8 cm³/mol. The molecule has 6 heteroatoms. The van der Waals surface area contributed by atoms with Crippen LogP contribution in [0.2, 0.25) is 0 Å². The summed E-state index contributed by atoms with van der Waals surface area (Å²) in [6, 6.07) is -1.68. The summed E-state index contributed by atoms with van der Waals surface area (Å²) < 4.78 is 0. The largest absolute Gasteiger partial charge is 0.480 e. The van der Waals surface area contributed by atoms with Gasteiger partial charge in [0, 0.05) is 0 Å². The van der Waals surface area contributed by atoms with E-state index in [1.165, 1.54) is 0 Å². The van der Waals surface area contributed by atoms with Crippen LogP contribution in [0.15, 0.2) is 0 Å². The van der Waals surface area contributed by atoms with Crippen molar-refractivity contribution in [2.45, 2.75) is 64.1 Å². The highest BCUT2D eigenvalue weighted by molar-refractivity contribution is 5.82. The van der Waals surface area contributed by atoms with E-state index in [1.807, 2.05) is 13.8 Å². The summed E-state index contributed by atoms with van der Waals surface area (Å²) in [7, 11) is 0. The second-order valence-corrected chi connectivity index (χ2v) is 5.60. The summed E-state index contributed by atoms with van der Waals surface area (Å²) in [6.45, 7) is 3.81. The first-order chi connectivity index (χ1) is 8.90. The number of hydrogen-bond donors (Lipinski definition) is 4. The van der Waals surface area contributed by atoms with Gasteiger partial charge in [0.05, 0.1) is 12.1 Å². The van der Waals surface area contributed by atoms with E-state index >= 15 is 0 Å². The number of amides is 2. The Balaban J connectivity index is 2.45. The Hall–Kier alpha value is -1.30. The van der Waals surface area contributed by atoms with Gasteiger partial charge >= 0.3 is 12.0 Å². The SMILES string of the molecule is CC(C)CC(NC(=O)NC1CCCCC1O)C(=O)O. The number of carboxylic acids is 1. The summed E-state index contributed by atoms with van der Waals surface area (Å²) in [5, 5.41) is 23.9. The molecule has 6 nitrogen and oxygen atoms in total. The summed E-state index contributed by atoms with van der Waals surface area (Å²) in [5.74, 6) is -0.852. The zero-order valence-corrected chi connectivity index (χ0v) is 11.6. The molecule has 0 radical (unpaired) electrons. The summed E-state index contributed by atoms with van der Waals surface area (Å²) in [5.41, 5.74) is 0. The zero-order chi connectivity index (χ0) is 14.4. The van der Waals surface area contributed by atoms with Gasteiger partial charge in [-0.3, -0.25) is 0 Å². The van der Waals surface area contributed by atoms with Crippen LogP contribution in [0.25, 0.3) is 0 Å². The van der Waals surface area contributed by atoms with Gasteiger partial charge in [0.25, 0.3) is 0 Å². The predicted octanol–water partition coefficient (Wildman–Crippen LogP) is 1.09. The molecule has 2 amide bonds. The van der Waals surface area contributed by atoms with Gasteiger partial charge in [-0.25, -0.2) is 9.59 Å². The van der Waals surface area contributed by atoms with E-state index in [-0.39, 0.29) is 12.0 Å². The molecule has 0 aliphatic heterocycles. The summed E-state index contributed by atoms with van der Waals surface area (Å²) >= 11 is 0. The van der Waals surface area contributed by atoms with Crippen molar-refractivity contribution in [2.24, 2.45) is 5.92 Å². The number of rotatable bonds is 5. The third kappa shape index (κ3) is 5.46. The molecule has 3 unspecified atom stereocenters. The standard InChI is InChI=1S/C13H24N2O4/c1-8(2)7-10(12(17)18)15-13(19)14-9-5-3-4-6-11(9)16/h8-11,16H,3-7H2,1-2H3,(H,17,18)(H2,14,15,19). The lowest BCUT2D eigenvalue weighted by Gasteiger charge is -2.29. The van der Waals surface area contributed by atoms with Gasteiger partial charge in [-0.05, 0) is 25.2 Å². The third-order valence-electron chi connectivity index (χ3n) is 3.36. The van der Waals surface area contributed by atoms with E-state index in [4.69, 9.17) is 5.11 Å². The van der Waals surface area contributed by atoms with Crippen LogP contribution in [-0.2, 0) is 4.79 Å². The number of aliphatic hydroxyl groups is 1. The molecule has 110 valence electrons. The maximum Gasteiger partial charge on any atom is 0.326 e. The zero-order valence-electron chi connectivity index (χ0n) is 11.6. The number of aliphatic carboxylic acids is 1. The van der Waals surface area contributed by atoms with Crippen molar-refractivity contribution in [3.05, 3.63) is 0 Å². The van der Waals surface area contributed by atoms with Crippen LogP contribution in [0, 0.1) is 5.92 Å². The van der Waals surface area contributed by atoms with Crippen molar-refractivity contribution in [1.29, 1.82) is 0 Å². The van der Waals surface area contributed by atoms with Crippen LogP contribution < -0.4 is 10.6 Å². The Kier molecular flexibility index (Phi) is 6.08. The van der Waals surface area contributed by atoms with Crippen LogP contribution in [0.3, 0.4) is 0 Å². The van der Waals surface area contributed by atoms with E-state index in [0.29, 0.717) is 12.8 Å². The number of urea groups is 1. The van der Waals surface area contributed by atoms with Crippen molar-refractivity contribution in [1.82, 2.24) is 10.6 Å². The van der Waals surface area contributed by atoms with Gasteiger partial charge in [0.1, 0.15) is 6.04 Å². The number of carboxylic acid groups (broad SMARTS) is 1. The van der Waals surface area contributed by atoms with Gasteiger partial charge in [-0.15, -0.1) is 0 Å². The van der Waals surface area contributed by atoms with E-state index in [9.17, 15) is 14.7 Å². The molecule has 19 heavy (non-hydrogen) atoms. The molecule has 0 aromatic carbocycles. The van der Waals surface area contributed by atoms with Crippen LogP contribution in [-0.4, -0.2) is 40.4 Å². The van der Waals surface area contributed by atoms with Crippen molar-refractivity contribution < 1.29 is 19.8 Å². The number of carbonyl (C=O) groups excluding carboxylic acids is 1. The number of nitrogens with one attached hydrogen (secondary N) is 2. The molecule has 1 saturated carbocycles. The Labute approximate surface area is 113 Å². The molecule has 0 aromatic heterocycles. The van der Waals surface area contributed by atoms with Crippen molar-refractivity contribution in [3.63, 3.8) is 0 Å². The van der Waals surface area contributed by atoms with E-state index in [2.05, 4.69) is 10.6 Å².